The van der Waals surface area contributed by atoms with Gasteiger partial charge in [0.2, 0.25) is 0 Å². The van der Waals surface area contributed by atoms with Gasteiger partial charge in [-0.05, 0) is 33.7 Å². The number of hydrogen-bond acceptors (Lipinski definition) is 4. The first-order chi connectivity index (χ1) is 9.17. The minimum Gasteiger partial charge on any atom is -0.481 e. The van der Waals surface area contributed by atoms with Crippen LogP contribution in [0.25, 0.3) is 0 Å². The number of nitrogens with one attached hydrogen (secondary N) is 1. The summed E-state index contributed by atoms with van der Waals surface area (Å²) < 4.78 is 5.26. The van der Waals surface area contributed by atoms with E-state index in [4.69, 9.17) is 9.84 Å². The summed E-state index contributed by atoms with van der Waals surface area (Å²) in [4.78, 5) is 24.3. The lowest BCUT2D eigenvalue weighted by molar-refractivity contribution is -0.141. The maximum Gasteiger partial charge on any atom is 0.410 e. The lowest BCUT2D eigenvalue weighted by Crippen LogP contribution is -2.71. The molecule has 6 nitrogen and oxygen atoms in total. The highest BCUT2D eigenvalue weighted by molar-refractivity contribution is 5.73. The van der Waals surface area contributed by atoms with Crippen molar-refractivity contribution in [2.75, 3.05) is 19.6 Å². The fourth-order valence-electron chi connectivity index (χ4n) is 2.15. The van der Waals surface area contributed by atoms with Crippen LogP contribution in [0.15, 0.2) is 12.7 Å². The zero-order chi connectivity index (χ0) is 15.4. The van der Waals surface area contributed by atoms with E-state index in [0.29, 0.717) is 19.6 Å². The highest BCUT2D eigenvalue weighted by Gasteiger charge is 2.47. The van der Waals surface area contributed by atoms with E-state index in [9.17, 15) is 9.59 Å². The van der Waals surface area contributed by atoms with Crippen LogP contribution >= 0.6 is 0 Å². The van der Waals surface area contributed by atoms with E-state index in [0.717, 1.165) is 6.42 Å². The molecule has 0 spiro atoms. The van der Waals surface area contributed by atoms with E-state index in [1.165, 1.54) is 4.90 Å². The Hall–Kier alpha value is -1.56. The molecule has 0 aliphatic carbocycles. The number of carboxylic acid groups (broad SMARTS) is 1. The molecule has 0 atom stereocenters. The summed E-state index contributed by atoms with van der Waals surface area (Å²) >= 11 is 0. The molecule has 1 amide bonds. The third-order valence-corrected chi connectivity index (χ3v) is 2.98. The zero-order valence-electron chi connectivity index (χ0n) is 12.4. The van der Waals surface area contributed by atoms with Gasteiger partial charge in [0.25, 0.3) is 0 Å². The van der Waals surface area contributed by atoms with Crippen LogP contribution in [0.3, 0.4) is 0 Å². The molecule has 20 heavy (non-hydrogen) atoms. The third kappa shape index (κ3) is 4.85. The largest absolute Gasteiger partial charge is 0.481 e. The molecule has 6 heteroatoms. The molecule has 1 aliphatic heterocycles. The van der Waals surface area contributed by atoms with Crippen LogP contribution < -0.4 is 5.32 Å². The highest BCUT2D eigenvalue weighted by atomic mass is 16.6. The molecular formula is C14H24N2O4. The lowest BCUT2D eigenvalue weighted by Gasteiger charge is -2.49. The van der Waals surface area contributed by atoms with Crippen molar-refractivity contribution in [3.8, 4) is 0 Å². The number of carboxylic acids is 1. The molecule has 0 radical (unpaired) electrons. The fraction of sp³-hybridized carbons (Fsp3) is 0.714. The maximum absolute atomic E-state index is 11.9. The van der Waals surface area contributed by atoms with Crippen LogP contribution in [0.5, 0.6) is 0 Å². The summed E-state index contributed by atoms with van der Waals surface area (Å²) in [6.07, 6.45) is 2.12. The van der Waals surface area contributed by atoms with Crippen molar-refractivity contribution in [3.05, 3.63) is 12.7 Å². The van der Waals surface area contributed by atoms with Gasteiger partial charge in [-0.3, -0.25) is 4.79 Å². The lowest BCUT2D eigenvalue weighted by atomic mass is 9.86. The molecule has 1 rings (SSSR count). The fourth-order valence-corrected chi connectivity index (χ4v) is 2.15. The number of rotatable bonds is 6. The van der Waals surface area contributed by atoms with Crippen LogP contribution in [-0.2, 0) is 9.53 Å². The van der Waals surface area contributed by atoms with E-state index in [1.54, 1.807) is 26.8 Å². The molecule has 1 aliphatic rings. The van der Waals surface area contributed by atoms with Gasteiger partial charge in [-0.2, -0.15) is 0 Å². The second-order valence-electron chi connectivity index (χ2n) is 6.19. The van der Waals surface area contributed by atoms with E-state index >= 15 is 0 Å². The number of hydrogen-bond donors (Lipinski definition) is 2. The number of likely N-dealkylation sites (tertiary alicyclic amines) is 1. The summed E-state index contributed by atoms with van der Waals surface area (Å²) in [5.74, 6) is -0.875. The minimum atomic E-state index is -0.875. The van der Waals surface area contributed by atoms with Crippen molar-refractivity contribution >= 4 is 12.1 Å². The van der Waals surface area contributed by atoms with Crippen LogP contribution in [0.4, 0.5) is 4.79 Å². The summed E-state index contributed by atoms with van der Waals surface area (Å²) in [5.41, 5.74) is -1.09. The smallest absolute Gasteiger partial charge is 0.410 e. The number of nitrogens with zero attached hydrogens (tertiary/aromatic N) is 1. The molecule has 0 aromatic heterocycles. The van der Waals surface area contributed by atoms with Gasteiger partial charge >= 0.3 is 12.1 Å². The van der Waals surface area contributed by atoms with Gasteiger partial charge in [0, 0.05) is 13.1 Å². The monoisotopic (exact) mass is 284 g/mol. The van der Waals surface area contributed by atoms with Crippen molar-refractivity contribution in [2.24, 2.45) is 0 Å². The number of amides is 1. The van der Waals surface area contributed by atoms with Gasteiger partial charge in [-0.1, -0.05) is 6.08 Å². The Morgan fingerprint density at radius 2 is 2.05 bits per heavy atom. The first-order valence-electron chi connectivity index (χ1n) is 6.73. The number of ether oxygens (including phenoxy) is 1. The Bertz CT molecular complexity index is 381. The van der Waals surface area contributed by atoms with E-state index < -0.39 is 23.2 Å². The third-order valence-electron chi connectivity index (χ3n) is 2.98. The van der Waals surface area contributed by atoms with E-state index in [-0.39, 0.29) is 6.42 Å². The Kier molecular flexibility index (Phi) is 5.16. The van der Waals surface area contributed by atoms with Crippen molar-refractivity contribution in [2.45, 2.75) is 44.8 Å². The van der Waals surface area contributed by atoms with Gasteiger partial charge in [0.1, 0.15) is 5.60 Å². The highest BCUT2D eigenvalue weighted by Crippen LogP contribution is 2.26. The Morgan fingerprint density at radius 3 is 2.50 bits per heavy atom. The number of carbonyl (C=O) groups excluding carboxylic acids is 1. The molecule has 1 fully saturated rings. The maximum atomic E-state index is 11.9. The van der Waals surface area contributed by atoms with Crippen molar-refractivity contribution in [3.63, 3.8) is 0 Å². The first-order valence-corrected chi connectivity index (χ1v) is 6.73. The van der Waals surface area contributed by atoms with E-state index in [1.807, 2.05) is 0 Å². The molecule has 1 saturated heterocycles. The zero-order valence-corrected chi connectivity index (χ0v) is 12.4. The van der Waals surface area contributed by atoms with Gasteiger partial charge in [0.15, 0.2) is 0 Å². The molecule has 1 heterocycles. The van der Waals surface area contributed by atoms with E-state index in [2.05, 4.69) is 11.9 Å². The second-order valence-corrected chi connectivity index (χ2v) is 6.19. The molecule has 0 aromatic rings. The average Bonchev–Trinajstić information content (AvgIpc) is 2.21. The normalized spacial score (nSPS) is 17.2. The Morgan fingerprint density at radius 1 is 1.45 bits per heavy atom. The molecule has 0 unspecified atom stereocenters. The average molecular weight is 284 g/mol. The standard InChI is InChI=1S/C14H24N2O4/c1-5-6-7-15-14(8-11(17)18)9-16(10-14)12(19)20-13(2,3)4/h5,15H,1,6-10H2,2-4H3,(H,17,18). The topological polar surface area (TPSA) is 78.9 Å². The Balaban J connectivity index is 2.54. The predicted molar refractivity (Wildman–Crippen MR) is 75.6 cm³/mol. The first kappa shape index (κ1) is 16.5. The summed E-state index contributed by atoms with van der Waals surface area (Å²) in [6, 6.07) is 0. The van der Waals surface area contributed by atoms with Crippen LogP contribution in [0.1, 0.15) is 33.6 Å². The SMILES string of the molecule is C=CCCNC1(CC(=O)O)CN(C(=O)OC(C)(C)C)C1. The summed E-state index contributed by atoms with van der Waals surface area (Å²) in [7, 11) is 0. The number of aliphatic carboxylic acids is 1. The minimum absolute atomic E-state index is 0.0105. The molecule has 114 valence electrons. The van der Waals surface area contributed by atoms with Gasteiger partial charge in [-0.25, -0.2) is 4.79 Å². The molecular weight excluding hydrogens is 260 g/mol. The van der Waals surface area contributed by atoms with Gasteiger partial charge in [0.05, 0.1) is 12.0 Å². The van der Waals surface area contributed by atoms with Crippen LogP contribution in [0.2, 0.25) is 0 Å². The predicted octanol–water partition coefficient (Wildman–Crippen LogP) is 1.62. The van der Waals surface area contributed by atoms with Gasteiger partial charge < -0.3 is 20.1 Å². The van der Waals surface area contributed by atoms with Crippen molar-refractivity contribution < 1.29 is 19.4 Å². The Labute approximate surface area is 119 Å². The summed E-state index contributed by atoms with van der Waals surface area (Å²) in [6.45, 7) is 10.4. The van der Waals surface area contributed by atoms with Gasteiger partial charge in [-0.15, -0.1) is 6.58 Å². The van der Waals surface area contributed by atoms with Crippen LogP contribution in [0, 0.1) is 0 Å². The van der Waals surface area contributed by atoms with Crippen molar-refractivity contribution in [1.29, 1.82) is 0 Å². The summed E-state index contributed by atoms with van der Waals surface area (Å²) in [5, 5.41) is 12.2. The number of carbonyl (C=O) groups is 2. The second kappa shape index (κ2) is 6.26. The molecule has 0 aromatic carbocycles. The molecule has 0 saturated carbocycles. The molecule has 0 bridgehead atoms. The van der Waals surface area contributed by atoms with Crippen LogP contribution in [-0.4, -0.2) is 52.8 Å². The quantitative estimate of drug-likeness (QED) is 0.572. The molecule has 2 N–H and O–H groups in total. The van der Waals surface area contributed by atoms with Crippen molar-refractivity contribution in [1.82, 2.24) is 10.2 Å².